The normalized spacial score (nSPS) is 27.3. The fourth-order valence-electron chi connectivity index (χ4n) is 8.87. The van der Waals surface area contributed by atoms with Crippen molar-refractivity contribution in [3.8, 4) is 0 Å². The van der Waals surface area contributed by atoms with Gasteiger partial charge in [0.15, 0.2) is 0 Å². The molecule has 0 radical (unpaired) electrons. The lowest BCUT2D eigenvalue weighted by molar-refractivity contribution is -0.144. The van der Waals surface area contributed by atoms with E-state index in [0.29, 0.717) is 11.5 Å². The second-order valence-corrected chi connectivity index (χ2v) is 15.4. The van der Waals surface area contributed by atoms with E-state index in [2.05, 4.69) is 44.3 Å². The second kappa shape index (κ2) is 19.5. The Morgan fingerprint density at radius 3 is 1.87 bits per heavy atom. The molecule has 0 N–H and O–H groups in total. The highest BCUT2D eigenvalue weighted by atomic mass is 16.5. The van der Waals surface area contributed by atoms with Gasteiger partial charge in [-0.3, -0.25) is 0 Å². The molecule has 4 nitrogen and oxygen atoms in total. The molecule has 4 heteroatoms. The van der Waals surface area contributed by atoms with Crippen LogP contribution in [0.1, 0.15) is 146 Å². The molecule has 1 aromatic rings. The summed E-state index contributed by atoms with van der Waals surface area (Å²) in [6.45, 7) is 11.6. The quantitative estimate of drug-likeness (QED) is 0.0974. The zero-order valence-electron chi connectivity index (χ0n) is 29.3. The molecule has 46 heavy (non-hydrogen) atoms. The Labute approximate surface area is 281 Å². The Kier molecular flexibility index (Phi) is 15.4. The highest BCUT2D eigenvalue weighted by Gasteiger charge is 2.32. The number of hydrogen-bond acceptors (Lipinski definition) is 4. The van der Waals surface area contributed by atoms with Gasteiger partial charge in [-0.15, -0.1) is 0 Å². The lowest BCUT2D eigenvalue weighted by Gasteiger charge is -2.39. The minimum atomic E-state index is -0.419. The number of carbonyl (C=O) groups excluding carboxylic acids is 2. The number of unbranched alkanes of at least 4 members (excludes halogenated alkanes) is 2. The molecule has 256 valence electrons. The molecule has 3 saturated carbocycles. The maximum atomic E-state index is 11.9. The molecule has 0 heterocycles. The van der Waals surface area contributed by atoms with E-state index in [1.807, 2.05) is 0 Å². The summed E-state index contributed by atoms with van der Waals surface area (Å²) in [5, 5.41) is 0. The topological polar surface area (TPSA) is 52.6 Å². The number of rotatable bonds is 17. The summed E-state index contributed by atoms with van der Waals surface area (Å²) in [7, 11) is 0. The Bertz CT molecular complexity index is 1070. The number of benzene rings is 1. The van der Waals surface area contributed by atoms with Crippen LogP contribution in [0.4, 0.5) is 0 Å². The molecule has 3 fully saturated rings. The van der Waals surface area contributed by atoms with Crippen LogP contribution >= 0.6 is 0 Å². The van der Waals surface area contributed by atoms with Gasteiger partial charge in [-0.25, -0.2) is 9.59 Å². The Balaban J connectivity index is 1.10. The van der Waals surface area contributed by atoms with Crippen molar-refractivity contribution < 1.29 is 19.1 Å². The van der Waals surface area contributed by atoms with E-state index >= 15 is 0 Å². The van der Waals surface area contributed by atoms with Crippen LogP contribution in [0.25, 0.3) is 0 Å². The number of hydrogen-bond donors (Lipinski definition) is 0. The Morgan fingerprint density at radius 2 is 1.33 bits per heavy atom. The van der Waals surface area contributed by atoms with Gasteiger partial charge in [0.2, 0.25) is 0 Å². The first-order valence-corrected chi connectivity index (χ1v) is 19.0. The summed E-state index contributed by atoms with van der Waals surface area (Å²) in [6, 6.07) is 9.66. The van der Waals surface area contributed by atoms with Crippen molar-refractivity contribution in [3.63, 3.8) is 0 Å². The molecule has 0 amide bonds. The third-order valence-electron chi connectivity index (χ3n) is 11.9. The molecule has 0 bridgehead atoms. The van der Waals surface area contributed by atoms with E-state index in [-0.39, 0.29) is 25.1 Å². The van der Waals surface area contributed by atoms with Crippen LogP contribution in [0.5, 0.6) is 0 Å². The molecule has 3 aliphatic carbocycles. The van der Waals surface area contributed by atoms with Crippen molar-refractivity contribution in [1.82, 2.24) is 0 Å². The lowest BCUT2D eigenvalue weighted by atomic mass is 9.67. The number of esters is 2. The summed E-state index contributed by atoms with van der Waals surface area (Å²) < 4.78 is 10.8. The van der Waals surface area contributed by atoms with E-state index in [9.17, 15) is 9.59 Å². The van der Waals surface area contributed by atoms with Gasteiger partial charge in [0.25, 0.3) is 0 Å². The van der Waals surface area contributed by atoms with Crippen LogP contribution in [0.15, 0.2) is 49.1 Å². The molecule has 0 saturated heterocycles. The van der Waals surface area contributed by atoms with Crippen molar-refractivity contribution in [2.24, 2.45) is 35.5 Å². The van der Waals surface area contributed by atoms with Crippen LogP contribution < -0.4 is 0 Å². The van der Waals surface area contributed by atoms with Crippen molar-refractivity contribution in [3.05, 3.63) is 60.2 Å². The standard InChI is InChI=1S/C42H64O4/c1-5-7-8-9-32-12-20-37(21-13-32)38-22-14-33(15-23-38)10-11-34-16-24-39(25-17-34)40-26-18-35(19-27-40)28-36(29-45-41(43)6-2)30-46-42(44)31(3)4/h6,12-13,20-21,33-36,38-40H,2-3,5,7-11,14-19,22-30H2,1,4H3. The summed E-state index contributed by atoms with van der Waals surface area (Å²) in [5.74, 6) is 4.30. The van der Waals surface area contributed by atoms with Gasteiger partial charge < -0.3 is 9.47 Å². The van der Waals surface area contributed by atoms with E-state index < -0.39 is 5.97 Å². The molecule has 0 spiro atoms. The minimum absolute atomic E-state index is 0.0193. The zero-order valence-corrected chi connectivity index (χ0v) is 29.3. The van der Waals surface area contributed by atoms with Crippen LogP contribution in [-0.2, 0) is 25.5 Å². The number of carbonyl (C=O) groups is 2. The molecule has 4 rings (SSSR count). The first-order chi connectivity index (χ1) is 22.3. The van der Waals surface area contributed by atoms with Crippen LogP contribution in [0.3, 0.4) is 0 Å². The van der Waals surface area contributed by atoms with Crippen LogP contribution in [0, 0.1) is 35.5 Å². The summed E-state index contributed by atoms with van der Waals surface area (Å²) in [6.07, 6.45) is 26.7. The average Bonchev–Trinajstić information content (AvgIpc) is 3.09. The van der Waals surface area contributed by atoms with Gasteiger partial charge in [0.1, 0.15) is 0 Å². The van der Waals surface area contributed by atoms with Crippen molar-refractivity contribution in [2.75, 3.05) is 13.2 Å². The zero-order chi connectivity index (χ0) is 32.7. The molecule has 1 atom stereocenters. The van der Waals surface area contributed by atoms with Crippen LogP contribution in [0.2, 0.25) is 0 Å². The van der Waals surface area contributed by atoms with Gasteiger partial charge in [-0.05, 0) is 124 Å². The van der Waals surface area contributed by atoms with Gasteiger partial charge in [0.05, 0.1) is 13.2 Å². The van der Waals surface area contributed by atoms with E-state index in [4.69, 9.17) is 9.47 Å². The fraction of sp³-hybridized carbons (Fsp3) is 0.714. The average molecular weight is 633 g/mol. The lowest BCUT2D eigenvalue weighted by Crippen LogP contribution is -2.28. The van der Waals surface area contributed by atoms with Gasteiger partial charge in [0, 0.05) is 17.6 Å². The van der Waals surface area contributed by atoms with Crippen LogP contribution in [-0.4, -0.2) is 25.2 Å². The number of ether oxygens (including phenoxy) is 2. The molecular weight excluding hydrogens is 568 g/mol. The third-order valence-corrected chi connectivity index (χ3v) is 11.9. The predicted molar refractivity (Wildman–Crippen MR) is 190 cm³/mol. The largest absolute Gasteiger partial charge is 0.462 e. The molecule has 0 aliphatic heterocycles. The fourth-order valence-corrected chi connectivity index (χ4v) is 8.87. The van der Waals surface area contributed by atoms with Gasteiger partial charge >= 0.3 is 11.9 Å². The highest BCUT2D eigenvalue weighted by molar-refractivity contribution is 5.86. The molecule has 1 unspecified atom stereocenters. The van der Waals surface area contributed by atoms with Gasteiger partial charge in [-0.2, -0.15) is 0 Å². The summed E-state index contributed by atoms with van der Waals surface area (Å²) >= 11 is 0. The summed E-state index contributed by atoms with van der Waals surface area (Å²) in [5.41, 5.74) is 3.50. The van der Waals surface area contributed by atoms with E-state index in [1.54, 1.807) is 12.5 Å². The summed E-state index contributed by atoms with van der Waals surface area (Å²) in [4.78, 5) is 23.6. The van der Waals surface area contributed by atoms with Crippen molar-refractivity contribution >= 4 is 11.9 Å². The molecular formula is C42H64O4. The van der Waals surface area contributed by atoms with Crippen molar-refractivity contribution in [1.29, 1.82) is 0 Å². The van der Waals surface area contributed by atoms with Gasteiger partial charge in [-0.1, -0.05) is 95.7 Å². The molecule has 1 aromatic carbocycles. The SMILES string of the molecule is C=CC(=O)OCC(COC(=O)C(=C)C)CC1CCC(C2CCC(CCC3CCC(c4ccc(CCCCC)cc4)CC3)CC2)CC1. The number of aryl methyl sites for hydroxylation is 1. The monoisotopic (exact) mass is 632 g/mol. The first kappa shape index (κ1) is 36.5. The van der Waals surface area contributed by atoms with Crippen molar-refractivity contribution in [2.45, 2.75) is 142 Å². The van der Waals surface area contributed by atoms with E-state index in [1.165, 1.54) is 127 Å². The highest BCUT2D eigenvalue weighted by Crippen LogP contribution is 2.44. The third kappa shape index (κ3) is 12.0. The Morgan fingerprint density at radius 1 is 0.783 bits per heavy atom. The Hall–Kier alpha value is -2.36. The maximum Gasteiger partial charge on any atom is 0.333 e. The smallest absolute Gasteiger partial charge is 0.333 e. The molecule has 0 aromatic heterocycles. The molecule has 3 aliphatic rings. The predicted octanol–water partition coefficient (Wildman–Crippen LogP) is 10.9. The minimum Gasteiger partial charge on any atom is -0.462 e. The van der Waals surface area contributed by atoms with E-state index in [0.717, 1.165) is 36.0 Å². The maximum absolute atomic E-state index is 11.9. The first-order valence-electron chi connectivity index (χ1n) is 19.0. The second-order valence-electron chi connectivity index (χ2n) is 15.4.